The smallest absolute Gasteiger partial charge is 0.277 e. The normalized spacial score (nSPS) is 8.25. The van der Waals surface area contributed by atoms with Gasteiger partial charge in [0, 0.05) is 13.5 Å². The van der Waals surface area contributed by atoms with Crippen LogP contribution in [0.25, 0.3) is 0 Å². The number of amides is 2. The second-order valence-corrected chi connectivity index (χ2v) is 1.40. The highest BCUT2D eigenvalue weighted by molar-refractivity contribution is 5.85. The van der Waals surface area contributed by atoms with E-state index in [4.69, 9.17) is 0 Å². The molecule has 3 nitrogen and oxygen atoms in total. The molecule has 0 saturated heterocycles. The van der Waals surface area contributed by atoms with Crippen molar-refractivity contribution >= 4 is 12.3 Å². The van der Waals surface area contributed by atoms with E-state index < -0.39 is 0 Å². The lowest BCUT2D eigenvalue weighted by Crippen LogP contribution is -2.23. The molecule has 0 aromatic carbocycles. The van der Waals surface area contributed by atoms with Crippen LogP contribution < -0.4 is 0 Å². The molecule has 0 fully saturated rings. The Morgan fingerprint density at radius 3 is 2.38 bits per heavy atom. The molecular weight excluding hydrogens is 106 g/mol. The molecular formula is C5H8NO2. The van der Waals surface area contributed by atoms with E-state index in [0.29, 0.717) is 6.42 Å². The molecule has 0 atom stereocenters. The van der Waals surface area contributed by atoms with Crippen LogP contribution in [0, 0.1) is 0 Å². The van der Waals surface area contributed by atoms with Gasteiger partial charge in [-0.25, -0.2) is 0 Å². The molecule has 0 aromatic heterocycles. The fourth-order valence-electron chi connectivity index (χ4n) is 0.288. The first-order valence-corrected chi connectivity index (χ1v) is 2.36. The summed E-state index contributed by atoms with van der Waals surface area (Å²) in [4.78, 5) is 21.0. The summed E-state index contributed by atoms with van der Waals surface area (Å²) in [5, 5.41) is 0. The Morgan fingerprint density at radius 2 is 2.25 bits per heavy atom. The maximum Gasteiger partial charge on any atom is 0.318 e. The first-order valence-electron chi connectivity index (χ1n) is 2.36. The van der Waals surface area contributed by atoms with Gasteiger partial charge in [0.05, 0.1) is 0 Å². The van der Waals surface area contributed by atoms with E-state index in [1.54, 1.807) is 6.92 Å². The third kappa shape index (κ3) is 1.73. The number of carbonyl (C=O) groups is 1. The van der Waals surface area contributed by atoms with Crippen molar-refractivity contribution in [2.45, 2.75) is 13.3 Å². The van der Waals surface area contributed by atoms with Gasteiger partial charge in [-0.1, -0.05) is 6.92 Å². The molecule has 0 heterocycles. The summed E-state index contributed by atoms with van der Waals surface area (Å²) in [5.74, 6) is -0.208. The summed E-state index contributed by atoms with van der Waals surface area (Å²) in [5.41, 5.74) is 0. The largest absolute Gasteiger partial charge is 0.318 e. The van der Waals surface area contributed by atoms with E-state index in [9.17, 15) is 9.59 Å². The van der Waals surface area contributed by atoms with Crippen LogP contribution in [0.1, 0.15) is 13.3 Å². The van der Waals surface area contributed by atoms with Gasteiger partial charge in [0.15, 0.2) is 0 Å². The van der Waals surface area contributed by atoms with Crippen molar-refractivity contribution in [2.75, 3.05) is 7.05 Å². The fraction of sp³-hybridized carbons (Fsp3) is 0.600. The van der Waals surface area contributed by atoms with Gasteiger partial charge < -0.3 is 0 Å². The summed E-state index contributed by atoms with van der Waals surface area (Å²) >= 11 is 0. The lowest BCUT2D eigenvalue weighted by Gasteiger charge is -2.02. The number of nitrogens with zero attached hydrogens (tertiary/aromatic N) is 1. The van der Waals surface area contributed by atoms with Crippen molar-refractivity contribution in [3.8, 4) is 0 Å². The number of carbonyl (C=O) groups excluding carboxylic acids is 2. The predicted molar refractivity (Wildman–Crippen MR) is 28.8 cm³/mol. The van der Waals surface area contributed by atoms with E-state index in [1.165, 1.54) is 13.5 Å². The minimum Gasteiger partial charge on any atom is -0.277 e. The first-order chi connectivity index (χ1) is 3.72. The number of imide groups is 1. The Balaban J connectivity index is 3.62. The van der Waals surface area contributed by atoms with Gasteiger partial charge in [0.1, 0.15) is 0 Å². The molecule has 0 N–H and O–H groups in total. The van der Waals surface area contributed by atoms with Crippen molar-refractivity contribution in [2.24, 2.45) is 0 Å². The fourth-order valence-corrected chi connectivity index (χ4v) is 0.288. The summed E-state index contributed by atoms with van der Waals surface area (Å²) in [6.45, 7) is 1.69. The van der Waals surface area contributed by atoms with Crippen LogP contribution >= 0.6 is 0 Å². The average Bonchev–Trinajstić information content (AvgIpc) is 1.84. The Bertz CT molecular complexity index is 101. The van der Waals surface area contributed by atoms with E-state index in [0.717, 1.165) is 4.90 Å². The zero-order valence-corrected chi connectivity index (χ0v) is 4.97. The van der Waals surface area contributed by atoms with E-state index in [2.05, 4.69) is 0 Å². The first kappa shape index (κ1) is 7.14. The SMILES string of the molecule is CCC(=O)N(C)[C]=O. The molecule has 8 heavy (non-hydrogen) atoms. The summed E-state index contributed by atoms with van der Waals surface area (Å²) in [6, 6.07) is 0. The summed E-state index contributed by atoms with van der Waals surface area (Å²) < 4.78 is 0. The molecule has 0 saturated carbocycles. The quantitative estimate of drug-likeness (QED) is 0.471. The maximum absolute atomic E-state index is 10.4. The third-order valence-corrected chi connectivity index (χ3v) is 0.813. The number of hydrogen-bond acceptors (Lipinski definition) is 2. The van der Waals surface area contributed by atoms with Crippen molar-refractivity contribution in [1.82, 2.24) is 4.90 Å². The maximum atomic E-state index is 10.4. The minimum absolute atomic E-state index is 0.208. The van der Waals surface area contributed by atoms with Gasteiger partial charge in [-0.2, -0.15) is 0 Å². The van der Waals surface area contributed by atoms with Crippen LogP contribution in [-0.2, 0) is 9.59 Å². The zero-order chi connectivity index (χ0) is 6.57. The molecule has 2 amide bonds. The van der Waals surface area contributed by atoms with Crippen molar-refractivity contribution in [1.29, 1.82) is 0 Å². The van der Waals surface area contributed by atoms with Crippen LogP contribution in [0.15, 0.2) is 0 Å². The number of hydrogen-bond donors (Lipinski definition) is 0. The molecule has 0 aliphatic rings. The molecule has 0 bridgehead atoms. The molecule has 3 heteroatoms. The molecule has 0 aliphatic carbocycles. The van der Waals surface area contributed by atoms with E-state index >= 15 is 0 Å². The van der Waals surface area contributed by atoms with Crippen LogP contribution in [-0.4, -0.2) is 24.3 Å². The van der Waals surface area contributed by atoms with Crippen LogP contribution in [0.2, 0.25) is 0 Å². The Kier molecular flexibility index (Phi) is 2.84. The molecule has 45 valence electrons. The standard InChI is InChI=1S/C5H8NO2/c1-3-5(8)6(2)4-7/h3H2,1-2H3. The zero-order valence-electron chi connectivity index (χ0n) is 4.97. The molecule has 0 aromatic rings. The summed E-state index contributed by atoms with van der Waals surface area (Å²) in [6.07, 6.45) is 1.80. The van der Waals surface area contributed by atoms with E-state index in [1.807, 2.05) is 0 Å². The Hall–Kier alpha value is -0.860. The van der Waals surface area contributed by atoms with Crippen LogP contribution in [0.4, 0.5) is 0 Å². The second-order valence-electron chi connectivity index (χ2n) is 1.40. The van der Waals surface area contributed by atoms with Crippen molar-refractivity contribution in [3.05, 3.63) is 0 Å². The molecule has 1 radical (unpaired) electrons. The van der Waals surface area contributed by atoms with Crippen molar-refractivity contribution in [3.63, 3.8) is 0 Å². The number of rotatable bonds is 2. The average molecular weight is 114 g/mol. The topological polar surface area (TPSA) is 37.4 Å². The monoisotopic (exact) mass is 114 g/mol. The lowest BCUT2D eigenvalue weighted by atomic mass is 10.4. The van der Waals surface area contributed by atoms with Crippen molar-refractivity contribution < 1.29 is 9.59 Å². The molecule has 0 spiro atoms. The lowest BCUT2D eigenvalue weighted by molar-refractivity contribution is -0.126. The van der Waals surface area contributed by atoms with Gasteiger partial charge in [0.25, 0.3) is 0 Å². The Morgan fingerprint density at radius 1 is 1.75 bits per heavy atom. The van der Waals surface area contributed by atoms with Gasteiger partial charge in [0.2, 0.25) is 5.91 Å². The Labute approximate surface area is 48.3 Å². The molecule has 0 rings (SSSR count). The third-order valence-electron chi connectivity index (χ3n) is 0.813. The molecule has 0 aliphatic heterocycles. The van der Waals surface area contributed by atoms with Gasteiger partial charge in [-0.3, -0.25) is 14.5 Å². The summed E-state index contributed by atoms with van der Waals surface area (Å²) in [7, 11) is 1.39. The van der Waals surface area contributed by atoms with Crippen LogP contribution in [0.3, 0.4) is 0 Å². The van der Waals surface area contributed by atoms with E-state index in [-0.39, 0.29) is 5.91 Å². The molecule has 0 unspecified atom stereocenters. The van der Waals surface area contributed by atoms with Gasteiger partial charge in [-0.05, 0) is 0 Å². The predicted octanol–water partition coefficient (Wildman–Crippen LogP) is -0.0780. The highest BCUT2D eigenvalue weighted by atomic mass is 16.2. The highest BCUT2D eigenvalue weighted by Crippen LogP contribution is 1.82. The minimum atomic E-state index is -0.208. The second kappa shape index (κ2) is 3.18. The van der Waals surface area contributed by atoms with Gasteiger partial charge in [-0.15, -0.1) is 0 Å². The van der Waals surface area contributed by atoms with Crippen LogP contribution in [0.5, 0.6) is 0 Å². The van der Waals surface area contributed by atoms with Gasteiger partial charge >= 0.3 is 6.41 Å². The highest BCUT2D eigenvalue weighted by Gasteiger charge is 2.02.